The first kappa shape index (κ1) is 33.4. The van der Waals surface area contributed by atoms with Gasteiger partial charge in [-0.05, 0) is 60.7 Å². The lowest BCUT2D eigenvalue weighted by molar-refractivity contribution is 1.10. The van der Waals surface area contributed by atoms with E-state index in [0.29, 0.717) is 0 Å². The second-order valence-corrected chi connectivity index (χ2v) is 14.3. The molecule has 0 amide bonds. The van der Waals surface area contributed by atoms with Gasteiger partial charge in [-0.2, -0.15) is 0 Å². The van der Waals surface area contributed by atoms with Gasteiger partial charge in [0.1, 0.15) is 11.6 Å². The Labute approximate surface area is 335 Å². The molecule has 0 spiro atoms. The second-order valence-electron chi connectivity index (χ2n) is 14.3. The van der Waals surface area contributed by atoms with E-state index in [1.807, 2.05) is 36.4 Å². The summed E-state index contributed by atoms with van der Waals surface area (Å²) in [6.45, 7) is 0. The van der Waals surface area contributed by atoms with Gasteiger partial charge >= 0.3 is 0 Å². The van der Waals surface area contributed by atoms with Gasteiger partial charge < -0.3 is 0 Å². The van der Waals surface area contributed by atoms with Crippen LogP contribution in [0.3, 0.4) is 0 Å². The van der Waals surface area contributed by atoms with Gasteiger partial charge in [-0.1, -0.05) is 146 Å². The van der Waals surface area contributed by atoms with Crippen LogP contribution in [0.1, 0.15) is 22.3 Å². The Hall–Kier alpha value is -7.96. The van der Waals surface area contributed by atoms with Crippen LogP contribution in [-0.2, 0) is 0 Å². The average molecular weight is 743 g/mol. The molecule has 1 aliphatic rings. The monoisotopic (exact) mass is 742 g/mol. The minimum atomic E-state index is 0.857. The molecule has 11 rings (SSSR count). The van der Waals surface area contributed by atoms with E-state index >= 15 is 0 Å². The van der Waals surface area contributed by atoms with Crippen molar-refractivity contribution >= 4 is 44.9 Å². The molecule has 2 aromatic heterocycles. The molecule has 1 aliphatic heterocycles. The SMILES string of the molecule is c1ccc(-n2c(-c3ccc(C4=Nc5ccccc5C(c5ccc(-c6nc7ccccc7n6-c6ccccc6)cc5)=Nc5ccccc54)cc3)nc3ccccc32)cc1. The van der Waals surface area contributed by atoms with Gasteiger partial charge in [-0.25, -0.2) is 20.0 Å². The summed E-state index contributed by atoms with van der Waals surface area (Å²) in [6, 6.07) is 71.1. The Morgan fingerprint density at radius 2 is 0.638 bits per heavy atom. The zero-order chi connectivity index (χ0) is 38.4. The number of aromatic nitrogens is 4. The van der Waals surface area contributed by atoms with Crippen LogP contribution in [0.15, 0.2) is 216 Å². The maximum atomic E-state index is 5.43. The molecule has 8 aromatic carbocycles. The van der Waals surface area contributed by atoms with E-state index in [2.05, 4.69) is 179 Å². The highest BCUT2D eigenvalue weighted by atomic mass is 15.1. The summed E-state index contributed by atoms with van der Waals surface area (Å²) in [7, 11) is 0. The fourth-order valence-corrected chi connectivity index (χ4v) is 8.01. The fraction of sp³-hybridized carbons (Fsp3) is 0. The summed E-state index contributed by atoms with van der Waals surface area (Å²) in [5.74, 6) is 1.78. The van der Waals surface area contributed by atoms with E-state index in [9.17, 15) is 0 Å². The number of nitrogens with zero attached hydrogens (tertiary/aromatic N) is 6. The molecule has 0 saturated carbocycles. The van der Waals surface area contributed by atoms with Crippen molar-refractivity contribution in [3.63, 3.8) is 0 Å². The lowest BCUT2D eigenvalue weighted by atomic mass is 9.95. The predicted octanol–water partition coefficient (Wildman–Crippen LogP) is 12.3. The molecule has 0 unspecified atom stereocenters. The Morgan fingerprint density at radius 1 is 0.293 bits per heavy atom. The van der Waals surface area contributed by atoms with Crippen molar-refractivity contribution in [1.82, 2.24) is 19.1 Å². The quantitative estimate of drug-likeness (QED) is 0.170. The van der Waals surface area contributed by atoms with Crippen molar-refractivity contribution in [3.8, 4) is 34.2 Å². The zero-order valence-corrected chi connectivity index (χ0v) is 31.3. The first-order chi connectivity index (χ1) is 28.8. The topological polar surface area (TPSA) is 60.4 Å². The maximum absolute atomic E-state index is 5.43. The summed E-state index contributed by atoms with van der Waals surface area (Å²) in [5.41, 5.74) is 15.6. The summed E-state index contributed by atoms with van der Waals surface area (Å²) in [4.78, 5) is 21.0. The first-order valence-electron chi connectivity index (χ1n) is 19.4. The third-order valence-corrected chi connectivity index (χ3v) is 10.8. The molecule has 0 bridgehead atoms. The first-order valence-corrected chi connectivity index (χ1v) is 19.4. The van der Waals surface area contributed by atoms with Gasteiger partial charge in [0, 0.05) is 44.8 Å². The average Bonchev–Trinajstić information content (AvgIpc) is 3.88. The van der Waals surface area contributed by atoms with Crippen molar-refractivity contribution in [1.29, 1.82) is 0 Å². The normalized spacial score (nSPS) is 12.3. The van der Waals surface area contributed by atoms with E-state index in [1.54, 1.807) is 0 Å². The molecule has 0 fully saturated rings. The minimum absolute atomic E-state index is 0.857. The maximum Gasteiger partial charge on any atom is 0.145 e. The van der Waals surface area contributed by atoms with E-state index in [4.69, 9.17) is 20.0 Å². The van der Waals surface area contributed by atoms with Crippen molar-refractivity contribution in [3.05, 3.63) is 229 Å². The molecule has 3 heterocycles. The van der Waals surface area contributed by atoms with Gasteiger partial charge in [-0.3, -0.25) is 9.13 Å². The van der Waals surface area contributed by atoms with Crippen molar-refractivity contribution in [2.45, 2.75) is 0 Å². The number of hydrogen-bond donors (Lipinski definition) is 0. The summed E-state index contributed by atoms with van der Waals surface area (Å²) >= 11 is 0. The zero-order valence-electron chi connectivity index (χ0n) is 31.3. The minimum Gasteiger partial charge on any atom is -0.292 e. The molecule has 0 aliphatic carbocycles. The lowest BCUT2D eigenvalue weighted by Crippen LogP contribution is -2.10. The summed E-state index contributed by atoms with van der Waals surface area (Å²) < 4.78 is 4.46. The number of aliphatic imine (C=N–C) groups is 2. The second kappa shape index (κ2) is 14.0. The van der Waals surface area contributed by atoms with E-state index < -0.39 is 0 Å². The number of imidazole rings is 2. The van der Waals surface area contributed by atoms with E-state index in [0.717, 1.165) is 101 Å². The molecule has 0 atom stereocenters. The molecule has 58 heavy (non-hydrogen) atoms. The molecule has 6 heteroatoms. The third-order valence-electron chi connectivity index (χ3n) is 10.8. The van der Waals surface area contributed by atoms with Crippen LogP contribution >= 0.6 is 0 Å². The van der Waals surface area contributed by atoms with Gasteiger partial charge in [-0.15, -0.1) is 0 Å². The van der Waals surface area contributed by atoms with Crippen LogP contribution in [0.25, 0.3) is 56.2 Å². The molecular weight excluding hydrogens is 709 g/mol. The Morgan fingerprint density at radius 3 is 1.07 bits per heavy atom. The molecule has 0 N–H and O–H groups in total. The highest BCUT2D eigenvalue weighted by Crippen LogP contribution is 2.36. The Bertz CT molecular complexity index is 2970. The highest BCUT2D eigenvalue weighted by Gasteiger charge is 2.22. The Kier molecular flexibility index (Phi) is 8.04. The number of benzene rings is 8. The number of fused-ring (bicyclic) bond motifs is 4. The van der Waals surface area contributed by atoms with Crippen LogP contribution in [0.4, 0.5) is 11.4 Å². The summed E-state index contributed by atoms with van der Waals surface area (Å²) in [6.07, 6.45) is 0. The number of para-hydroxylation sites is 8. The van der Waals surface area contributed by atoms with Crippen molar-refractivity contribution in [2.75, 3.05) is 0 Å². The molecule has 6 nitrogen and oxygen atoms in total. The molecule has 10 aromatic rings. The number of hydrogen-bond acceptors (Lipinski definition) is 4. The predicted molar refractivity (Wildman–Crippen MR) is 236 cm³/mol. The Balaban J connectivity index is 0.992. The van der Waals surface area contributed by atoms with Gasteiger partial charge in [0.25, 0.3) is 0 Å². The van der Waals surface area contributed by atoms with Crippen LogP contribution < -0.4 is 0 Å². The van der Waals surface area contributed by atoms with E-state index in [-0.39, 0.29) is 0 Å². The van der Waals surface area contributed by atoms with Gasteiger partial charge in [0.05, 0.1) is 44.9 Å². The fourth-order valence-electron chi connectivity index (χ4n) is 8.01. The van der Waals surface area contributed by atoms with Crippen LogP contribution in [0, 0.1) is 0 Å². The van der Waals surface area contributed by atoms with Crippen LogP contribution in [0.2, 0.25) is 0 Å². The number of rotatable bonds is 6. The molecule has 0 radical (unpaired) electrons. The molecule has 0 saturated heterocycles. The van der Waals surface area contributed by atoms with Gasteiger partial charge in [0.2, 0.25) is 0 Å². The molecular formula is C52H34N6. The highest BCUT2D eigenvalue weighted by molar-refractivity contribution is 6.22. The third kappa shape index (κ3) is 5.74. The standard InChI is InChI=1S/C52H34N6/c1-3-15-39(16-4-1)57-47-25-13-11-23-45(47)55-51(57)37-31-27-35(28-32-37)49-41-19-7-9-21-43(41)54-50(42-20-8-10-22-44(42)53-49)36-29-33-38(34-30-36)52-56-46-24-12-14-26-48(46)58(52)40-17-5-2-6-18-40/h1-34H. The van der Waals surface area contributed by atoms with Gasteiger partial charge in [0.15, 0.2) is 0 Å². The molecule has 272 valence electrons. The van der Waals surface area contributed by atoms with Crippen molar-refractivity contribution < 1.29 is 0 Å². The smallest absolute Gasteiger partial charge is 0.145 e. The van der Waals surface area contributed by atoms with Crippen molar-refractivity contribution in [2.24, 2.45) is 9.98 Å². The van der Waals surface area contributed by atoms with E-state index in [1.165, 1.54) is 0 Å². The van der Waals surface area contributed by atoms with Crippen LogP contribution in [-0.4, -0.2) is 30.5 Å². The summed E-state index contributed by atoms with van der Waals surface area (Å²) in [5, 5.41) is 0. The largest absolute Gasteiger partial charge is 0.292 e. The lowest BCUT2D eigenvalue weighted by Gasteiger charge is -2.18. The van der Waals surface area contributed by atoms with Crippen LogP contribution in [0.5, 0.6) is 0 Å².